The van der Waals surface area contributed by atoms with Gasteiger partial charge in [-0.1, -0.05) is 42.5 Å². The fraction of sp³-hybridized carbons (Fsp3) is 0.333. The molecular formula is C21H24FN3O2. The van der Waals surface area contributed by atoms with Crippen molar-refractivity contribution < 1.29 is 14.0 Å². The zero-order valence-electron chi connectivity index (χ0n) is 15.2. The highest BCUT2D eigenvalue weighted by Gasteiger charge is 2.20. The third-order valence-corrected chi connectivity index (χ3v) is 4.73. The third-order valence-electron chi connectivity index (χ3n) is 4.73. The summed E-state index contributed by atoms with van der Waals surface area (Å²) in [5.74, 6) is -0.0752. The predicted octanol–water partition coefficient (Wildman–Crippen LogP) is 2.99. The second-order valence-corrected chi connectivity index (χ2v) is 6.64. The molecule has 0 aromatic heterocycles. The molecule has 6 heteroatoms. The lowest BCUT2D eigenvalue weighted by atomic mass is 10.1. The summed E-state index contributed by atoms with van der Waals surface area (Å²) < 4.78 is 13.6. The SMILES string of the molecule is O=C(NCCc1ccccc1F)NCc1ccccc1CN1CCCC1=O. The Hall–Kier alpha value is -2.89. The van der Waals surface area contributed by atoms with E-state index in [2.05, 4.69) is 10.6 Å². The van der Waals surface area contributed by atoms with Crippen molar-refractivity contribution in [1.82, 2.24) is 15.5 Å². The van der Waals surface area contributed by atoms with Crippen LogP contribution in [0, 0.1) is 5.82 Å². The maximum absolute atomic E-state index is 13.6. The Morgan fingerprint density at radius 1 is 1.00 bits per heavy atom. The van der Waals surface area contributed by atoms with E-state index >= 15 is 0 Å². The molecule has 1 fully saturated rings. The van der Waals surface area contributed by atoms with Gasteiger partial charge in [0.25, 0.3) is 0 Å². The Balaban J connectivity index is 1.47. The maximum Gasteiger partial charge on any atom is 0.315 e. The van der Waals surface area contributed by atoms with Gasteiger partial charge in [-0.05, 0) is 35.6 Å². The number of likely N-dealkylation sites (tertiary alicyclic amines) is 1. The van der Waals surface area contributed by atoms with Crippen molar-refractivity contribution in [3.63, 3.8) is 0 Å². The molecule has 2 N–H and O–H groups in total. The molecule has 3 amide bonds. The van der Waals surface area contributed by atoms with Crippen LogP contribution in [0.3, 0.4) is 0 Å². The molecular weight excluding hydrogens is 345 g/mol. The fourth-order valence-corrected chi connectivity index (χ4v) is 3.21. The van der Waals surface area contributed by atoms with Crippen LogP contribution in [0.1, 0.15) is 29.5 Å². The van der Waals surface area contributed by atoms with Crippen LogP contribution in [-0.4, -0.2) is 29.9 Å². The number of nitrogens with zero attached hydrogens (tertiary/aromatic N) is 1. The van der Waals surface area contributed by atoms with Gasteiger partial charge >= 0.3 is 6.03 Å². The number of hydrogen-bond donors (Lipinski definition) is 2. The summed E-state index contributed by atoms with van der Waals surface area (Å²) in [6.45, 7) is 2.10. The van der Waals surface area contributed by atoms with Crippen molar-refractivity contribution in [2.24, 2.45) is 0 Å². The molecule has 1 saturated heterocycles. The first kappa shape index (κ1) is 18.9. The van der Waals surface area contributed by atoms with Crippen LogP contribution in [0.4, 0.5) is 9.18 Å². The van der Waals surface area contributed by atoms with Crippen molar-refractivity contribution in [2.75, 3.05) is 13.1 Å². The molecule has 2 aromatic carbocycles. The van der Waals surface area contributed by atoms with E-state index in [0.717, 1.165) is 24.1 Å². The minimum absolute atomic E-state index is 0.184. The molecule has 0 atom stereocenters. The van der Waals surface area contributed by atoms with Gasteiger partial charge in [0, 0.05) is 32.6 Å². The van der Waals surface area contributed by atoms with E-state index in [1.54, 1.807) is 18.2 Å². The predicted molar refractivity (Wildman–Crippen MR) is 101 cm³/mol. The van der Waals surface area contributed by atoms with E-state index in [4.69, 9.17) is 0 Å². The summed E-state index contributed by atoms with van der Waals surface area (Å²) in [5, 5.41) is 5.58. The van der Waals surface area contributed by atoms with Gasteiger partial charge in [-0.3, -0.25) is 4.79 Å². The molecule has 2 aromatic rings. The second kappa shape index (κ2) is 9.16. The lowest BCUT2D eigenvalue weighted by molar-refractivity contribution is -0.128. The first-order valence-electron chi connectivity index (χ1n) is 9.23. The zero-order chi connectivity index (χ0) is 19.1. The van der Waals surface area contributed by atoms with Crippen molar-refractivity contribution in [3.8, 4) is 0 Å². The number of carbonyl (C=O) groups is 2. The second-order valence-electron chi connectivity index (χ2n) is 6.64. The summed E-state index contributed by atoms with van der Waals surface area (Å²) in [6, 6.07) is 14.1. The summed E-state index contributed by atoms with van der Waals surface area (Å²) in [4.78, 5) is 25.7. The van der Waals surface area contributed by atoms with Crippen LogP contribution in [0.2, 0.25) is 0 Å². The molecule has 1 heterocycles. The molecule has 0 unspecified atom stereocenters. The number of amides is 3. The van der Waals surface area contributed by atoms with Crippen molar-refractivity contribution in [2.45, 2.75) is 32.4 Å². The van der Waals surface area contributed by atoms with Crippen LogP contribution < -0.4 is 10.6 Å². The minimum atomic E-state index is -0.293. The quantitative estimate of drug-likeness (QED) is 0.788. The number of urea groups is 1. The van der Waals surface area contributed by atoms with Gasteiger partial charge < -0.3 is 15.5 Å². The van der Waals surface area contributed by atoms with E-state index in [0.29, 0.717) is 38.0 Å². The molecule has 142 valence electrons. The van der Waals surface area contributed by atoms with Crippen LogP contribution in [0.15, 0.2) is 48.5 Å². The Morgan fingerprint density at radius 3 is 2.41 bits per heavy atom. The highest BCUT2D eigenvalue weighted by atomic mass is 19.1. The average Bonchev–Trinajstić information content (AvgIpc) is 3.07. The Morgan fingerprint density at radius 2 is 1.70 bits per heavy atom. The zero-order valence-corrected chi connectivity index (χ0v) is 15.2. The van der Waals surface area contributed by atoms with Crippen LogP contribution in [0.25, 0.3) is 0 Å². The molecule has 1 aliphatic heterocycles. The van der Waals surface area contributed by atoms with E-state index in [9.17, 15) is 14.0 Å². The van der Waals surface area contributed by atoms with Gasteiger partial charge in [0.1, 0.15) is 5.82 Å². The summed E-state index contributed by atoms with van der Waals surface area (Å²) >= 11 is 0. The van der Waals surface area contributed by atoms with E-state index < -0.39 is 0 Å². The minimum Gasteiger partial charge on any atom is -0.338 e. The molecule has 3 rings (SSSR count). The largest absolute Gasteiger partial charge is 0.338 e. The Bertz CT molecular complexity index is 810. The number of halogens is 1. The number of benzene rings is 2. The van der Waals surface area contributed by atoms with E-state index in [1.807, 2.05) is 29.2 Å². The van der Waals surface area contributed by atoms with Gasteiger partial charge in [-0.2, -0.15) is 0 Å². The topological polar surface area (TPSA) is 61.4 Å². The van der Waals surface area contributed by atoms with Crippen LogP contribution in [0.5, 0.6) is 0 Å². The van der Waals surface area contributed by atoms with Crippen molar-refractivity contribution in [3.05, 3.63) is 71.0 Å². The lowest BCUT2D eigenvalue weighted by Gasteiger charge is -2.18. The van der Waals surface area contributed by atoms with Gasteiger partial charge in [-0.25, -0.2) is 9.18 Å². The van der Waals surface area contributed by atoms with Crippen molar-refractivity contribution >= 4 is 11.9 Å². The van der Waals surface area contributed by atoms with Gasteiger partial charge in [0.2, 0.25) is 5.91 Å². The number of nitrogens with one attached hydrogen (secondary N) is 2. The molecule has 5 nitrogen and oxygen atoms in total. The standard InChI is InChI=1S/C21H24FN3O2/c22-19-9-4-3-6-16(19)11-12-23-21(27)24-14-17-7-1-2-8-18(17)15-25-13-5-10-20(25)26/h1-4,6-9H,5,10-15H2,(H2,23,24,27). The lowest BCUT2D eigenvalue weighted by Crippen LogP contribution is -2.36. The molecule has 0 saturated carbocycles. The Labute approximate surface area is 158 Å². The first-order valence-corrected chi connectivity index (χ1v) is 9.23. The van der Waals surface area contributed by atoms with Crippen molar-refractivity contribution in [1.29, 1.82) is 0 Å². The average molecular weight is 369 g/mol. The van der Waals surface area contributed by atoms with Gasteiger partial charge in [0.05, 0.1) is 0 Å². The molecule has 0 radical (unpaired) electrons. The van der Waals surface area contributed by atoms with E-state index in [-0.39, 0.29) is 17.8 Å². The maximum atomic E-state index is 13.6. The molecule has 27 heavy (non-hydrogen) atoms. The number of hydrogen-bond acceptors (Lipinski definition) is 2. The Kier molecular flexibility index (Phi) is 6.41. The fourth-order valence-electron chi connectivity index (χ4n) is 3.21. The number of carbonyl (C=O) groups excluding carboxylic acids is 2. The van der Waals surface area contributed by atoms with Gasteiger partial charge in [0.15, 0.2) is 0 Å². The number of rotatable bonds is 7. The summed E-state index contributed by atoms with van der Waals surface area (Å²) in [6.07, 6.45) is 1.96. The normalized spacial score (nSPS) is 13.7. The third kappa shape index (κ3) is 5.29. The van der Waals surface area contributed by atoms with E-state index in [1.165, 1.54) is 6.07 Å². The smallest absolute Gasteiger partial charge is 0.315 e. The first-order chi connectivity index (χ1) is 13.1. The summed E-state index contributed by atoms with van der Waals surface area (Å²) in [5.41, 5.74) is 2.61. The monoisotopic (exact) mass is 369 g/mol. The highest BCUT2D eigenvalue weighted by Crippen LogP contribution is 2.17. The van der Waals surface area contributed by atoms with Crippen LogP contribution in [-0.2, 0) is 24.3 Å². The molecule has 1 aliphatic rings. The van der Waals surface area contributed by atoms with Crippen LogP contribution >= 0.6 is 0 Å². The highest BCUT2D eigenvalue weighted by molar-refractivity contribution is 5.78. The summed E-state index contributed by atoms with van der Waals surface area (Å²) in [7, 11) is 0. The molecule has 0 aliphatic carbocycles. The van der Waals surface area contributed by atoms with Gasteiger partial charge in [-0.15, -0.1) is 0 Å². The molecule has 0 bridgehead atoms. The molecule has 0 spiro atoms.